The van der Waals surface area contributed by atoms with E-state index in [1.54, 1.807) is 6.07 Å². The topological polar surface area (TPSA) is 76.2 Å². The van der Waals surface area contributed by atoms with Gasteiger partial charge in [-0.2, -0.15) is 9.65 Å². The molecule has 0 N–H and O–H groups in total. The maximum Gasteiger partial charge on any atom is 0.314 e. The van der Waals surface area contributed by atoms with Crippen LogP contribution in [0.15, 0.2) is 30.3 Å². The SMILES string of the molecule is N#Cc1cc(Oc2c([N+](=O)[O-])ccc(F)c2F)cc(C(F)F)c1. The van der Waals surface area contributed by atoms with E-state index in [1.165, 1.54) is 0 Å². The van der Waals surface area contributed by atoms with Crippen LogP contribution in [0, 0.1) is 33.1 Å². The molecule has 118 valence electrons. The first-order valence-corrected chi connectivity index (χ1v) is 5.97. The number of benzene rings is 2. The average Bonchev–Trinajstić information content (AvgIpc) is 2.51. The van der Waals surface area contributed by atoms with E-state index >= 15 is 0 Å². The van der Waals surface area contributed by atoms with Gasteiger partial charge in [-0.1, -0.05) is 0 Å². The largest absolute Gasteiger partial charge is 0.447 e. The van der Waals surface area contributed by atoms with Gasteiger partial charge in [0.25, 0.3) is 6.43 Å². The van der Waals surface area contributed by atoms with Gasteiger partial charge < -0.3 is 4.74 Å². The number of nitro benzene ring substituents is 1. The molecule has 0 aromatic heterocycles. The lowest BCUT2D eigenvalue weighted by molar-refractivity contribution is -0.385. The van der Waals surface area contributed by atoms with Gasteiger partial charge in [-0.25, -0.2) is 13.2 Å². The van der Waals surface area contributed by atoms with Gasteiger partial charge in [0, 0.05) is 11.6 Å². The summed E-state index contributed by atoms with van der Waals surface area (Å²) in [6.45, 7) is 0. The number of halogens is 4. The van der Waals surface area contributed by atoms with Gasteiger partial charge >= 0.3 is 5.69 Å². The number of alkyl halides is 2. The van der Waals surface area contributed by atoms with Gasteiger partial charge in [0.1, 0.15) is 5.75 Å². The van der Waals surface area contributed by atoms with Crippen molar-refractivity contribution in [1.82, 2.24) is 0 Å². The predicted molar refractivity (Wildman–Crippen MR) is 69.2 cm³/mol. The Kier molecular flexibility index (Phi) is 4.45. The van der Waals surface area contributed by atoms with E-state index in [9.17, 15) is 27.7 Å². The van der Waals surface area contributed by atoms with Crippen molar-refractivity contribution >= 4 is 5.69 Å². The van der Waals surface area contributed by atoms with Crippen molar-refractivity contribution in [2.45, 2.75) is 6.43 Å². The van der Waals surface area contributed by atoms with Crippen molar-refractivity contribution in [2.24, 2.45) is 0 Å². The molecule has 0 spiro atoms. The highest BCUT2D eigenvalue weighted by molar-refractivity contribution is 5.51. The third-order valence-corrected chi connectivity index (χ3v) is 2.76. The number of nitro groups is 1. The molecule has 0 unspecified atom stereocenters. The van der Waals surface area contributed by atoms with Crippen molar-refractivity contribution in [3.8, 4) is 17.6 Å². The molecule has 0 amide bonds. The Balaban J connectivity index is 2.55. The third kappa shape index (κ3) is 3.37. The van der Waals surface area contributed by atoms with Crippen LogP contribution in [0.1, 0.15) is 17.6 Å². The van der Waals surface area contributed by atoms with E-state index in [0.717, 1.165) is 18.2 Å². The second-order valence-corrected chi connectivity index (χ2v) is 4.27. The van der Waals surface area contributed by atoms with Crippen LogP contribution in [0.2, 0.25) is 0 Å². The highest BCUT2D eigenvalue weighted by Crippen LogP contribution is 2.36. The smallest absolute Gasteiger partial charge is 0.314 e. The zero-order valence-electron chi connectivity index (χ0n) is 11.1. The zero-order valence-corrected chi connectivity index (χ0v) is 11.1. The fraction of sp³-hybridized carbons (Fsp3) is 0.0714. The standard InChI is InChI=1S/C14H6F4N2O3/c15-10-1-2-11(20(21)22)13(12(10)16)23-9-4-7(6-19)3-8(5-9)14(17)18/h1-5,14H. The second kappa shape index (κ2) is 6.31. The highest BCUT2D eigenvalue weighted by atomic mass is 19.3. The summed E-state index contributed by atoms with van der Waals surface area (Å²) >= 11 is 0. The molecule has 0 fully saturated rings. The summed E-state index contributed by atoms with van der Waals surface area (Å²) in [5, 5.41) is 19.6. The Morgan fingerprint density at radius 3 is 2.48 bits per heavy atom. The minimum atomic E-state index is -2.95. The normalized spacial score (nSPS) is 10.4. The number of nitrogens with zero attached hydrogens (tertiary/aromatic N) is 2. The monoisotopic (exact) mass is 326 g/mol. The summed E-state index contributed by atoms with van der Waals surface area (Å²) in [5.41, 5.74) is -1.71. The number of ether oxygens (including phenoxy) is 1. The summed E-state index contributed by atoms with van der Waals surface area (Å²) < 4.78 is 57.3. The number of hydrogen-bond donors (Lipinski definition) is 0. The lowest BCUT2D eigenvalue weighted by Gasteiger charge is -2.10. The molecule has 5 nitrogen and oxygen atoms in total. The molecule has 0 aliphatic carbocycles. The molecule has 2 aromatic rings. The minimum Gasteiger partial charge on any atom is -0.447 e. The molecule has 0 saturated heterocycles. The molecular formula is C14H6F4N2O3. The molecule has 2 aromatic carbocycles. The lowest BCUT2D eigenvalue weighted by atomic mass is 10.1. The number of rotatable bonds is 4. The van der Waals surface area contributed by atoms with E-state index in [0.29, 0.717) is 12.1 Å². The second-order valence-electron chi connectivity index (χ2n) is 4.27. The fourth-order valence-corrected chi connectivity index (χ4v) is 1.75. The van der Waals surface area contributed by atoms with Crippen LogP contribution < -0.4 is 4.74 Å². The summed E-state index contributed by atoms with van der Waals surface area (Å²) in [7, 11) is 0. The molecule has 0 atom stereocenters. The van der Waals surface area contributed by atoms with Gasteiger partial charge in [0.2, 0.25) is 11.6 Å². The van der Waals surface area contributed by atoms with Crippen molar-refractivity contribution in [2.75, 3.05) is 0 Å². The molecule has 0 aliphatic heterocycles. The zero-order chi connectivity index (χ0) is 17.1. The van der Waals surface area contributed by atoms with E-state index in [2.05, 4.69) is 0 Å². The number of nitriles is 1. The summed E-state index contributed by atoms with van der Waals surface area (Å²) in [6.07, 6.45) is -2.95. The molecule has 0 heterocycles. The van der Waals surface area contributed by atoms with Gasteiger partial charge in [-0.05, 0) is 24.3 Å². The van der Waals surface area contributed by atoms with Crippen molar-refractivity contribution in [1.29, 1.82) is 5.26 Å². The number of hydrogen-bond acceptors (Lipinski definition) is 4. The van der Waals surface area contributed by atoms with Gasteiger partial charge in [-0.3, -0.25) is 10.1 Å². The quantitative estimate of drug-likeness (QED) is 0.472. The first-order chi connectivity index (χ1) is 10.8. The van der Waals surface area contributed by atoms with Crippen LogP contribution in [-0.2, 0) is 0 Å². The Labute approximate surface area is 126 Å². The molecule has 0 saturated carbocycles. The van der Waals surface area contributed by atoms with Gasteiger partial charge in [0.15, 0.2) is 5.82 Å². The van der Waals surface area contributed by atoms with Gasteiger partial charge in [0.05, 0.1) is 16.6 Å². The van der Waals surface area contributed by atoms with Crippen LogP contribution in [-0.4, -0.2) is 4.92 Å². The van der Waals surface area contributed by atoms with Crippen molar-refractivity contribution < 1.29 is 27.2 Å². The summed E-state index contributed by atoms with van der Waals surface area (Å²) in [4.78, 5) is 9.82. The minimum absolute atomic E-state index is 0.225. The Bertz CT molecular complexity index is 818. The van der Waals surface area contributed by atoms with Crippen LogP contribution in [0.25, 0.3) is 0 Å². The maximum atomic E-state index is 13.7. The van der Waals surface area contributed by atoms with E-state index in [-0.39, 0.29) is 5.56 Å². The fourth-order valence-electron chi connectivity index (χ4n) is 1.75. The molecule has 0 bridgehead atoms. The first-order valence-electron chi connectivity index (χ1n) is 5.97. The maximum absolute atomic E-state index is 13.7. The molecule has 9 heteroatoms. The van der Waals surface area contributed by atoms with Crippen molar-refractivity contribution in [3.05, 3.63) is 63.2 Å². The Morgan fingerprint density at radius 2 is 1.91 bits per heavy atom. The first kappa shape index (κ1) is 16.2. The summed E-state index contributed by atoms with van der Waals surface area (Å²) in [6, 6.07) is 5.44. The summed E-state index contributed by atoms with van der Waals surface area (Å²) in [5.74, 6) is -4.56. The predicted octanol–water partition coefficient (Wildman–Crippen LogP) is 4.47. The van der Waals surface area contributed by atoms with Crippen molar-refractivity contribution in [3.63, 3.8) is 0 Å². The average molecular weight is 326 g/mol. The molecular weight excluding hydrogens is 320 g/mol. The third-order valence-electron chi connectivity index (χ3n) is 2.76. The van der Waals surface area contributed by atoms with Crippen LogP contribution in [0.3, 0.4) is 0 Å². The molecule has 0 aliphatic rings. The van der Waals surface area contributed by atoms with Crippen LogP contribution >= 0.6 is 0 Å². The van der Waals surface area contributed by atoms with E-state index in [1.807, 2.05) is 0 Å². The lowest BCUT2D eigenvalue weighted by Crippen LogP contribution is -1.99. The van der Waals surface area contributed by atoms with Crippen LogP contribution in [0.5, 0.6) is 11.5 Å². The van der Waals surface area contributed by atoms with E-state index in [4.69, 9.17) is 10.00 Å². The van der Waals surface area contributed by atoms with Gasteiger partial charge in [-0.15, -0.1) is 0 Å². The molecule has 23 heavy (non-hydrogen) atoms. The molecule has 0 radical (unpaired) electrons. The van der Waals surface area contributed by atoms with E-state index < -0.39 is 45.7 Å². The highest BCUT2D eigenvalue weighted by Gasteiger charge is 2.24. The Morgan fingerprint density at radius 1 is 1.22 bits per heavy atom. The van der Waals surface area contributed by atoms with Crippen LogP contribution in [0.4, 0.5) is 23.2 Å². The molecule has 2 rings (SSSR count). The Hall–Kier alpha value is -3.15.